The number of carbonyl (C=O) groups is 1. The molecule has 0 fully saturated rings. The molecule has 0 aromatic heterocycles. The van der Waals surface area contributed by atoms with Gasteiger partial charge in [-0.25, -0.2) is 4.39 Å². The van der Waals surface area contributed by atoms with Crippen LogP contribution in [0, 0.1) is 5.82 Å². The summed E-state index contributed by atoms with van der Waals surface area (Å²) in [5.74, 6) is -0.791. The van der Waals surface area contributed by atoms with Crippen LogP contribution >= 0.6 is 27.5 Å². The summed E-state index contributed by atoms with van der Waals surface area (Å²) >= 11 is 8.50. The average Bonchev–Trinajstić information content (AvgIpc) is 2.17. The molecule has 0 unspecified atom stereocenters. The molecule has 82 valence electrons. The Morgan fingerprint density at radius 2 is 2.33 bits per heavy atom. The average molecular weight is 295 g/mol. The largest absolute Gasteiger partial charge is 0.348 e. The van der Waals surface area contributed by atoms with E-state index in [4.69, 9.17) is 11.6 Å². The van der Waals surface area contributed by atoms with Crippen LogP contribution in [0.3, 0.4) is 0 Å². The summed E-state index contributed by atoms with van der Waals surface area (Å²) in [6.07, 6.45) is 0. The number of carbonyl (C=O) groups excluding carboxylic acids is 1. The molecule has 5 heteroatoms. The van der Waals surface area contributed by atoms with E-state index in [9.17, 15) is 9.18 Å². The third kappa shape index (κ3) is 3.47. The standard InChI is InChI=1S/C10H10BrClFNO/c1-6(14-10(15)5-12)8-3-2-7(11)4-9(8)13/h2-4,6H,5H2,1H3,(H,14,15)/t6-/m0/s1. The Morgan fingerprint density at radius 3 is 2.87 bits per heavy atom. The van der Waals surface area contributed by atoms with Crippen molar-refractivity contribution in [2.75, 3.05) is 5.88 Å². The van der Waals surface area contributed by atoms with Crippen molar-refractivity contribution in [1.29, 1.82) is 0 Å². The van der Waals surface area contributed by atoms with Gasteiger partial charge in [-0.3, -0.25) is 4.79 Å². The lowest BCUT2D eigenvalue weighted by Gasteiger charge is -2.14. The maximum Gasteiger partial charge on any atom is 0.235 e. The van der Waals surface area contributed by atoms with Gasteiger partial charge in [0.1, 0.15) is 11.7 Å². The molecule has 0 saturated heterocycles. The Bertz CT molecular complexity index is 372. The molecule has 1 N–H and O–H groups in total. The van der Waals surface area contributed by atoms with Crippen LogP contribution in [0.5, 0.6) is 0 Å². The molecule has 2 nitrogen and oxygen atoms in total. The van der Waals surface area contributed by atoms with Crippen LogP contribution in [0.4, 0.5) is 4.39 Å². The van der Waals surface area contributed by atoms with Gasteiger partial charge in [-0.05, 0) is 19.1 Å². The van der Waals surface area contributed by atoms with E-state index in [-0.39, 0.29) is 23.6 Å². The van der Waals surface area contributed by atoms with Gasteiger partial charge in [0.05, 0.1) is 6.04 Å². The Morgan fingerprint density at radius 1 is 1.67 bits per heavy atom. The van der Waals surface area contributed by atoms with Crippen molar-refractivity contribution >= 4 is 33.4 Å². The maximum atomic E-state index is 13.4. The number of alkyl halides is 1. The van der Waals surface area contributed by atoms with Gasteiger partial charge in [0.15, 0.2) is 0 Å². The highest BCUT2D eigenvalue weighted by atomic mass is 79.9. The molecule has 0 spiro atoms. The van der Waals surface area contributed by atoms with E-state index < -0.39 is 0 Å². The Balaban J connectivity index is 2.82. The fourth-order valence-electron chi connectivity index (χ4n) is 1.21. The van der Waals surface area contributed by atoms with Gasteiger partial charge in [0.25, 0.3) is 0 Å². The van der Waals surface area contributed by atoms with Gasteiger partial charge in [-0.1, -0.05) is 22.0 Å². The first kappa shape index (κ1) is 12.5. The molecule has 1 aromatic rings. The van der Waals surface area contributed by atoms with E-state index >= 15 is 0 Å². The van der Waals surface area contributed by atoms with E-state index in [1.54, 1.807) is 19.1 Å². The van der Waals surface area contributed by atoms with E-state index in [1.807, 2.05) is 0 Å². The molecule has 0 radical (unpaired) electrons. The summed E-state index contributed by atoms with van der Waals surface area (Å²) in [5.41, 5.74) is 0.441. The van der Waals surface area contributed by atoms with E-state index in [0.29, 0.717) is 10.0 Å². The number of amides is 1. The topological polar surface area (TPSA) is 29.1 Å². The highest BCUT2D eigenvalue weighted by molar-refractivity contribution is 9.10. The molecular weight excluding hydrogens is 284 g/mol. The lowest BCUT2D eigenvalue weighted by atomic mass is 10.1. The molecule has 1 rings (SSSR count). The first-order valence-corrected chi connectivity index (χ1v) is 5.67. The van der Waals surface area contributed by atoms with E-state index in [0.717, 1.165) is 0 Å². The van der Waals surface area contributed by atoms with Gasteiger partial charge < -0.3 is 5.32 Å². The molecule has 0 bridgehead atoms. The first-order valence-electron chi connectivity index (χ1n) is 4.35. The number of hydrogen-bond donors (Lipinski definition) is 1. The van der Waals surface area contributed by atoms with Gasteiger partial charge in [0.2, 0.25) is 5.91 Å². The molecule has 1 amide bonds. The zero-order valence-corrected chi connectivity index (χ0v) is 10.4. The first-order chi connectivity index (χ1) is 7.04. The minimum Gasteiger partial charge on any atom is -0.348 e. The summed E-state index contributed by atoms with van der Waals surface area (Å²) < 4.78 is 14.1. The van der Waals surface area contributed by atoms with Crippen LogP contribution in [0.1, 0.15) is 18.5 Å². The van der Waals surface area contributed by atoms with Crippen LogP contribution in [0.2, 0.25) is 0 Å². The summed E-state index contributed by atoms with van der Waals surface area (Å²) in [5, 5.41) is 2.58. The normalized spacial score (nSPS) is 12.3. The van der Waals surface area contributed by atoms with Crippen molar-refractivity contribution in [2.24, 2.45) is 0 Å². The highest BCUT2D eigenvalue weighted by Crippen LogP contribution is 2.20. The molecule has 1 atom stereocenters. The zero-order valence-electron chi connectivity index (χ0n) is 8.06. The van der Waals surface area contributed by atoms with Crippen molar-refractivity contribution in [3.63, 3.8) is 0 Å². The third-order valence-corrected chi connectivity index (χ3v) is 2.66. The maximum absolute atomic E-state index is 13.4. The number of halogens is 3. The molecule has 1 aromatic carbocycles. The molecule has 0 aliphatic heterocycles. The second-order valence-corrected chi connectivity index (χ2v) is 4.27. The summed E-state index contributed by atoms with van der Waals surface area (Å²) in [6, 6.07) is 4.32. The van der Waals surface area contributed by atoms with Gasteiger partial charge >= 0.3 is 0 Å². The Hall–Kier alpha value is -0.610. The van der Waals surface area contributed by atoms with Crippen molar-refractivity contribution < 1.29 is 9.18 Å². The van der Waals surface area contributed by atoms with E-state index in [1.165, 1.54) is 6.07 Å². The van der Waals surface area contributed by atoms with Crippen molar-refractivity contribution in [1.82, 2.24) is 5.32 Å². The predicted molar refractivity (Wildman–Crippen MR) is 61.4 cm³/mol. The summed E-state index contributed by atoms with van der Waals surface area (Å²) in [4.78, 5) is 11.0. The second kappa shape index (κ2) is 5.47. The van der Waals surface area contributed by atoms with Gasteiger partial charge in [-0.15, -0.1) is 11.6 Å². The highest BCUT2D eigenvalue weighted by Gasteiger charge is 2.12. The molecule has 0 heterocycles. The van der Waals surface area contributed by atoms with Gasteiger partial charge in [0, 0.05) is 10.0 Å². The fourth-order valence-corrected chi connectivity index (χ4v) is 1.62. The zero-order chi connectivity index (χ0) is 11.4. The molecule has 15 heavy (non-hydrogen) atoms. The van der Waals surface area contributed by atoms with Crippen LogP contribution in [-0.2, 0) is 4.79 Å². The summed E-state index contributed by atoms with van der Waals surface area (Å²) in [7, 11) is 0. The number of benzene rings is 1. The molecule has 0 aliphatic carbocycles. The lowest BCUT2D eigenvalue weighted by Crippen LogP contribution is -2.28. The van der Waals surface area contributed by atoms with E-state index in [2.05, 4.69) is 21.2 Å². The molecular formula is C10H10BrClFNO. The van der Waals surface area contributed by atoms with Crippen LogP contribution in [-0.4, -0.2) is 11.8 Å². The minimum atomic E-state index is -0.385. The quantitative estimate of drug-likeness (QED) is 0.853. The smallest absolute Gasteiger partial charge is 0.235 e. The second-order valence-electron chi connectivity index (χ2n) is 3.09. The number of rotatable bonds is 3. The lowest BCUT2D eigenvalue weighted by molar-refractivity contribution is -0.119. The molecule has 0 saturated carbocycles. The number of nitrogens with one attached hydrogen (secondary N) is 1. The third-order valence-electron chi connectivity index (χ3n) is 1.93. The van der Waals surface area contributed by atoms with Crippen LogP contribution in [0.25, 0.3) is 0 Å². The van der Waals surface area contributed by atoms with Crippen LogP contribution < -0.4 is 5.32 Å². The fraction of sp³-hybridized carbons (Fsp3) is 0.300. The van der Waals surface area contributed by atoms with Crippen molar-refractivity contribution in [2.45, 2.75) is 13.0 Å². The molecule has 0 aliphatic rings. The van der Waals surface area contributed by atoms with Crippen molar-refractivity contribution in [3.05, 3.63) is 34.1 Å². The van der Waals surface area contributed by atoms with Crippen LogP contribution in [0.15, 0.2) is 22.7 Å². The predicted octanol–water partition coefficient (Wildman–Crippen LogP) is 3.00. The van der Waals surface area contributed by atoms with Crippen molar-refractivity contribution in [3.8, 4) is 0 Å². The summed E-state index contributed by atoms with van der Waals surface area (Å²) in [6.45, 7) is 1.71. The number of hydrogen-bond acceptors (Lipinski definition) is 1. The minimum absolute atomic E-state index is 0.123. The van der Waals surface area contributed by atoms with Gasteiger partial charge in [-0.2, -0.15) is 0 Å². The monoisotopic (exact) mass is 293 g/mol. The Kier molecular flexibility index (Phi) is 4.54. The Labute approximate surface area is 101 Å². The SMILES string of the molecule is C[C@H](NC(=O)CCl)c1ccc(Br)cc1F.